The molecule has 0 bridgehead atoms. The summed E-state index contributed by atoms with van der Waals surface area (Å²) < 4.78 is 0. The number of aryl methyl sites for hydroxylation is 1. The molecule has 1 aliphatic carbocycles. The monoisotopic (exact) mass is 176 g/mol. The molecule has 70 valence electrons. The van der Waals surface area contributed by atoms with Gasteiger partial charge in [-0.25, -0.2) is 0 Å². The van der Waals surface area contributed by atoms with Crippen molar-refractivity contribution in [2.75, 3.05) is 0 Å². The van der Waals surface area contributed by atoms with E-state index < -0.39 is 0 Å². The molecule has 0 radical (unpaired) electrons. The molecule has 2 rings (SSSR count). The molecule has 1 heteroatoms. The second kappa shape index (κ2) is 3.15. The topological polar surface area (TPSA) is 20.2 Å². The Morgan fingerprint density at radius 1 is 1.31 bits per heavy atom. The highest BCUT2D eigenvalue weighted by molar-refractivity contribution is 5.25. The normalized spacial score (nSPS) is 18.6. The quantitative estimate of drug-likeness (QED) is 0.749. The van der Waals surface area contributed by atoms with Crippen LogP contribution in [0.2, 0.25) is 0 Å². The van der Waals surface area contributed by atoms with Gasteiger partial charge in [-0.2, -0.15) is 0 Å². The van der Waals surface area contributed by atoms with E-state index in [2.05, 4.69) is 31.2 Å². The molecule has 1 aromatic carbocycles. The van der Waals surface area contributed by atoms with Crippen LogP contribution in [0.15, 0.2) is 24.3 Å². The highest BCUT2D eigenvalue weighted by Gasteiger charge is 2.39. The van der Waals surface area contributed by atoms with Gasteiger partial charge in [-0.1, -0.05) is 31.2 Å². The zero-order chi connectivity index (χ0) is 9.31. The zero-order valence-electron chi connectivity index (χ0n) is 8.09. The Hall–Kier alpha value is -0.820. The predicted octanol–water partition coefficient (Wildman–Crippen LogP) is 2.32. The van der Waals surface area contributed by atoms with E-state index in [1.165, 1.54) is 11.1 Å². The summed E-state index contributed by atoms with van der Waals surface area (Å²) in [7, 11) is 0. The fraction of sp³-hybridized carbons (Fsp3) is 0.500. The van der Waals surface area contributed by atoms with Crippen molar-refractivity contribution in [1.82, 2.24) is 0 Å². The lowest BCUT2D eigenvalue weighted by Crippen LogP contribution is -2.10. The highest BCUT2D eigenvalue weighted by atomic mass is 16.3. The van der Waals surface area contributed by atoms with E-state index in [1.54, 1.807) is 0 Å². The summed E-state index contributed by atoms with van der Waals surface area (Å²) in [6.07, 6.45) is 3.86. The van der Waals surface area contributed by atoms with E-state index in [0.717, 1.165) is 25.7 Å². The van der Waals surface area contributed by atoms with Gasteiger partial charge in [-0.05, 0) is 30.4 Å². The number of aliphatic hydroxyl groups is 1. The second-order valence-electron chi connectivity index (χ2n) is 4.07. The molecule has 1 N–H and O–H groups in total. The molecule has 1 aromatic rings. The van der Waals surface area contributed by atoms with Crippen molar-refractivity contribution in [2.24, 2.45) is 0 Å². The van der Waals surface area contributed by atoms with E-state index in [4.69, 9.17) is 0 Å². The maximum Gasteiger partial charge on any atom is 0.0690 e. The van der Waals surface area contributed by atoms with Gasteiger partial charge >= 0.3 is 0 Å². The van der Waals surface area contributed by atoms with Crippen LogP contribution in [0.1, 0.15) is 30.9 Å². The van der Waals surface area contributed by atoms with E-state index in [0.29, 0.717) is 0 Å². The first-order chi connectivity index (χ1) is 6.22. The van der Waals surface area contributed by atoms with E-state index in [1.807, 2.05) is 0 Å². The summed E-state index contributed by atoms with van der Waals surface area (Å²) in [5.41, 5.74) is 2.29. The minimum absolute atomic E-state index is 0.355. The standard InChI is InChI=1S/C12H16O/c1-2-10-4-3-5-11(8-10)9-12(13)6-7-12/h3-5,8,13H,2,6-7,9H2,1H3. The van der Waals surface area contributed by atoms with Crippen LogP contribution < -0.4 is 0 Å². The third kappa shape index (κ3) is 2.10. The van der Waals surface area contributed by atoms with Crippen LogP contribution in [-0.2, 0) is 12.8 Å². The van der Waals surface area contributed by atoms with Gasteiger partial charge in [-0.15, -0.1) is 0 Å². The number of rotatable bonds is 3. The van der Waals surface area contributed by atoms with Crippen LogP contribution in [0.3, 0.4) is 0 Å². The number of hydrogen-bond donors (Lipinski definition) is 1. The van der Waals surface area contributed by atoms with Crippen molar-refractivity contribution in [3.05, 3.63) is 35.4 Å². The molecule has 1 saturated carbocycles. The maximum absolute atomic E-state index is 9.75. The van der Waals surface area contributed by atoms with Crippen molar-refractivity contribution < 1.29 is 5.11 Å². The molecule has 1 fully saturated rings. The minimum atomic E-state index is -0.355. The van der Waals surface area contributed by atoms with Crippen LogP contribution in [0.25, 0.3) is 0 Å². The molecule has 0 aromatic heterocycles. The Balaban J connectivity index is 2.11. The molecule has 0 amide bonds. The summed E-state index contributed by atoms with van der Waals surface area (Å²) in [6, 6.07) is 8.53. The van der Waals surface area contributed by atoms with Crippen molar-refractivity contribution in [2.45, 2.75) is 38.2 Å². The Morgan fingerprint density at radius 2 is 2.00 bits per heavy atom. The van der Waals surface area contributed by atoms with E-state index >= 15 is 0 Å². The molecule has 13 heavy (non-hydrogen) atoms. The molecule has 0 aliphatic heterocycles. The van der Waals surface area contributed by atoms with Gasteiger partial charge in [0.15, 0.2) is 0 Å². The van der Waals surface area contributed by atoms with Gasteiger partial charge in [-0.3, -0.25) is 0 Å². The third-order valence-corrected chi connectivity index (χ3v) is 2.76. The lowest BCUT2D eigenvalue weighted by atomic mass is 10.0. The van der Waals surface area contributed by atoms with Crippen molar-refractivity contribution in [3.8, 4) is 0 Å². The lowest BCUT2D eigenvalue weighted by Gasteiger charge is -2.08. The maximum atomic E-state index is 9.75. The van der Waals surface area contributed by atoms with Crippen LogP contribution in [-0.4, -0.2) is 10.7 Å². The molecule has 1 aliphatic rings. The van der Waals surface area contributed by atoms with Gasteiger partial charge in [0, 0.05) is 6.42 Å². The largest absolute Gasteiger partial charge is 0.390 e. The average Bonchev–Trinajstić information content (AvgIpc) is 2.84. The summed E-state index contributed by atoms with van der Waals surface area (Å²) >= 11 is 0. The number of hydrogen-bond acceptors (Lipinski definition) is 1. The number of benzene rings is 1. The first kappa shape index (κ1) is 8.76. The fourth-order valence-electron chi connectivity index (χ4n) is 1.66. The zero-order valence-corrected chi connectivity index (χ0v) is 8.09. The van der Waals surface area contributed by atoms with Crippen molar-refractivity contribution in [1.29, 1.82) is 0 Å². The molecule has 0 heterocycles. The van der Waals surface area contributed by atoms with Crippen molar-refractivity contribution in [3.63, 3.8) is 0 Å². The smallest absolute Gasteiger partial charge is 0.0690 e. The van der Waals surface area contributed by atoms with Gasteiger partial charge in [0.2, 0.25) is 0 Å². The summed E-state index contributed by atoms with van der Waals surface area (Å²) in [5.74, 6) is 0. The molecule has 0 unspecified atom stereocenters. The highest BCUT2D eigenvalue weighted by Crippen LogP contribution is 2.38. The second-order valence-corrected chi connectivity index (χ2v) is 4.07. The SMILES string of the molecule is CCc1cccc(CC2(O)CC2)c1. The first-order valence-corrected chi connectivity index (χ1v) is 5.02. The molecule has 1 nitrogen and oxygen atoms in total. The Bertz CT molecular complexity index is 300. The van der Waals surface area contributed by atoms with E-state index in [9.17, 15) is 5.11 Å². The van der Waals surface area contributed by atoms with Gasteiger partial charge in [0.1, 0.15) is 0 Å². The summed E-state index contributed by atoms with van der Waals surface area (Å²) in [4.78, 5) is 0. The van der Waals surface area contributed by atoms with Crippen LogP contribution in [0.4, 0.5) is 0 Å². The fourth-order valence-corrected chi connectivity index (χ4v) is 1.66. The van der Waals surface area contributed by atoms with Crippen LogP contribution in [0.5, 0.6) is 0 Å². The molecule has 0 spiro atoms. The van der Waals surface area contributed by atoms with Crippen LogP contribution in [0, 0.1) is 0 Å². The van der Waals surface area contributed by atoms with Gasteiger partial charge in [0.05, 0.1) is 5.60 Å². The lowest BCUT2D eigenvalue weighted by molar-refractivity contribution is 0.151. The molecular formula is C12H16O. The van der Waals surface area contributed by atoms with Crippen LogP contribution >= 0.6 is 0 Å². The van der Waals surface area contributed by atoms with E-state index in [-0.39, 0.29) is 5.60 Å². The predicted molar refractivity (Wildman–Crippen MR) is 53.7 cm³/mol. The Kier molecular flexibility index (Phi) is 2.12. The van der Waals surface area contributed by atoms with Crippen molar-refractivity contribution >= 4 is 0 Å². The minimum Gasteiger partial charge on any atom is -0.390 e. The molecule has 0 saturated heterocycles. The molecular weight excluding hydrogens is 160 g/mol. The molecule has 0 atom stereocenters. The Morgan fingerprint density at radius 3 is 2.62 bits per heavy atom. The average molecular weight is 176 g/mol. The van der Waals surface area contributed by atoms with Gasteiger partial charge < -0.3 is 5.11 Å². The Labute approximate surface area is 79.4 Å². The summed E-state index contributed by atoms with van der Waals surface area (Å²) in [6.45, 7) is 2.16. The first-order valence-electron chi connectivity index (χ1n) is 5.02. The third-order valence-electron chi connectivity index (χ3n) is 2.76. The van der Waals surface area contributed by atoms with Gasteiger partial charge in [0.25, 0.3) is 0 Å². The summed E-state index contributed by atoms with van der Waals surface area (Å²) in [5, 5.41) is 9.75.